The van der Waals surface area contributed by atoms with Gasteiger partial charge in [-0.3, -0.25) is 16.1 Å². The van der Waals surface area contributed by atoms with Gasteiger partial charge in [0.05, 0.1) is 25.4 Å². The summed E-state index contributed by atoms with van der Waals surface area (Å²) in [4.78, 5) is 11.5. The number of hydrogen-bond acceptors (Lipinski definition) is 5. The zero-order chi connectivity index (χ0) is 14.2. The van der Waals surface area contributed by atoms with Crippen molar-refractivity contribution in [3.8, 4) is 0 Å². The Morgan fingerprint density at radius 2 is 1.78 bits per heavy atom. The molecule has 0 aromatic heterocycles. The Kier molecular flexibility index (Phi) is 7.62. The molecule has 0 aromatic rings. The largest absolute Gasteiger partial charge is 0.378 e. The Balaban J connectivity index is 3.90. The minimum Gasteiger partial charge on any atom is -0.378 e. The first-order valence-electron chi connectivity index (χ1n) is 6.37. The van der Waals surface area contributed by atoms with E-state index in [1.807, 2.05) is 27.7 Å². The van der Waals surface area contributed by atoms with E-state index >= 15 is 0 Å². The van der Waals surface area contributed by atoms with Crippen LogP contribution in [0.4, 0.5) is 0 Å². The second-order valence-electron chi connectivity index (χ2n) is 5.79. The van der Waals surface area contributed by atoms with Crippen molar-refractivity contribution in [1.29, 1.82) is 0 Å². The molecule has 0 aliphatic rings. The minimum atomic E-state index is -0.353. The van der Waals surface area contributed by atoms with Crippen molar-refractivity contribution in [1.82, 2.24) is 5.43 Å². The maximum absolute atomic E-state index is 11.5. The number of carbonyl (C=O) groups is 1. The molecule has 0 saturated carbocycles. The molecule has 0 saturated heterocycles. The third-order valence-electron chi connectivity index (χ3n) is 2.93. The number of carbonyl (C=O) groups excluding carboxylic acids is 1. The monoisotopic (exact) mass is 260 g/mol. The van der Waals surface area contributed by atoms with Crippen molar-refractivity contribution in [2.24, 2.45) is 11.3 Å². The summed E-state index contributed by atoms with van der Waals surface area (Å²) in [5.74, 6) is 5.30. The van der Waals surface area contributed by atoms with Crippen molar-refractivity contribution in [2.75, 3.05) is 26.4 Å². The van der Waals surface area contributed by atoms with Crippen LogP contribution in [0.5, 0.6) is 0 Å². The zero-order valence-corrected chi connectivity index (χ0v) is 12.3. The Hall–Kier alpha value is -0.490. The second kappa shape index (κ2) is 7.84. The third kappa shape index (κ3) is 7.76. The lowest BCUT2D eigenvalue weighted by Crippen LogP contribution is -2.36. The molecule has 0 bridgehead atoms. The van der Waals surface area contributed by atoms with Crippen molar-refractivity contribution < 1.29 is 14.3 Å². The Bertz CT molecular complexity index is 253. The van der Waals surface area contributed by atoms with Crippen molar-refractivity contribution in [3.63, 3.8) is 0 Å². The molecule has 0 aliphatic heterocycles. The van der Waals surface area contributed by atoms with Gasteiger partial charge >= 0.3 is 0 Å². The summed E-state index contributed by atoms with van der Waals surface area (Å²) < 4.78 is 11.1. The van der Waals surface area contributed by atoms with E-state index in [4.69, 9.17) is 15.3 Å². The van der Waals surface area contributed by atoms with Gasteiger partial charge in [0.15, 0.2) is 0 Å². The molecule has 18 heavy (non-hydrogen) atoms. The smallest absolute Gasteiger partial charge is 0.135 e. The van der Waals surface area contributed by atoms with Crippen LogP contribution < -0.4 is 11.3 Å². The van der Waals surface area contributed by atoms with E-state index in [0.29, 0.717) is 32.8 Å². The molecular formula is C13H28N2O3. The van der Waals surface area contributed by atoms with Crippen molar-refractivity contribution >= 4 is 5.78 Å². The lowest BCUT2D eigenvalue weighted by molar-refractivity contribution is -0.130. The van der Waals surface area contributed by atoms with Crippen molar-refractivity contribution in [3.05, 3.63) is 0 Å². The number of hydrazine groups is 1. The second-order valence-corrected chi connectivity index (χ2v) is 5.79. The first kappa shape index (κ1) is 17.5. The molecule has 0 rings (SSSR count). The standard InChI is InChI=1S/C13H28N2O3/c1-11(16)12(2,3)10-13(4,5)18-9-8-17-7-6-15-14/h15H,6-10,14H2,1-5H3. The van der Waals surface area contributed by atoms with Crippen LogP contribution in [0, 0.1) is 5.41 Å². The van der Waals surface area contributed by atoms with Crippen LogP contribution in [0.1, 0.15) is 41.0 Å². The summed E-state index contributed by atoms with van der Waals surface area (Å²) in [5, 5.41) is 0. The van der Waals surface area contributed by atoms with E-state index in [2.05, 4.69) is 5.43 Å². The van der Waals surface area contributed by atoms with Gasteiger partial charge in [-0.15, -0.1) is 0 Å². The van der Waals surface area contributed by atoms with Gasteiger partial charge in [-0.2, -0.15) is 0 Å². The maximum Gasteiger partial charge on any atom is 0.135 e. The quantitative estimate of drug-likeness (QED) is 0.351. The van der Waals surface area contributed by atoms with Crippen LogP contribution in [-0.4, -0.2) is 37.7 Å². The van der Waals surface area contributed by atoms with E-state index in [1.165, 1.54) is 0 Å². The fourth-order valence-electron chi connectivity index (χ4n) is 1.85. The van der Waals surface area contributed by atoms with Crippen molar-refractivity contribution in [2.45, 2.75) is 46.6 Å². The molecule has 0 fully saturated rings. The van der Waals surface area contributed by atoms with Gasteiger partial charge in [-0.25, -0.2) is 0 Å². The van der Waals surface area contributed by atoms with Crippen LogP contribution in [0.3, 0.4) is 0 Å². The molecular weight excluding hydrogens is 232 g/mol. The summed E-state index contributed by atoms with van der Waals surface area (Å²) in [7, 11) is 0. The highest BCUT2D eigenvalue weighted by molar-refractivity contribution is 5.81. The zero-order valence-electron chi connectivity index (χ0n) is 12.3. The molecule has 5 nitrogen and oxygen atoms in total. The van der Waals surface area contributed by atoms with E-state index in [1.54, 1.807) is 6.92 Å². The lowest BCUT2D eigenvalue weighted by atomic mass is 9.79. The third-order valence-corrected chi connectivity index (χ3v) is 2.93. The van der Waals surface area contributed by atoms with Gasteiger partial charge in [-0.05, 0) is 27.2 Å². The van der Waals surface area contributed by atoms with Gasteiger partial charge in [0.2, 0.25) is 0 Å². The first-order chi connectivity index (χ1) is 8.21. The molecule has 0 amide bonds. The van der Waals surface area contributed by atoms with Gasteiger partial charge in [0.1, 0.15) is 5.78 Å². The molecule has 0 spiro atoms. The Labute approximate surface area is 110 Å². The molecule has 5 heteroatoms. The number of nitrogens with one attached hydrogen (secondary N) is 1. The van der Waals surface area contributed by atoms with Crippen LogP contribution in [0.25, 0.3) is 0 Å². The number of nitrogens with two attached hydrogens (primary N) is 1. The summed E-state index contributed by atoms with van der Waals surface area (Å²) in [5.41, 5.74) is 1.83. The average molecular weight is 260 g/mol. The predicted molar refractivity (Wildman–Crippen MR) is 72.1 cm³/mol. The van der Waals surface area contributed by atoms with E-state index in [9.17, 15) is 4.79 Å². The van der Waals surface area contributed by atoms with E-state index in [0.717, 1.165) is 0 Å². The maximum atomic E-state index is 11.5. The van der Waals surface area contributed by atoms with Gasteiger partial charge < -0.3 is 9.47 Å². The lowest BCUT2D eigenvalue weighted by Gasteiger charge is -2.33. The molecule has 0 radical (unpaired) electrons. The van der Waals surface area contributed by atoms with Crippen LogP contribution in [-0.2, 0) is 14.3 Å². The number of ketones is 1. The van der Waals surface area contributed by atoms with E-state index < -0.39 is 0 Å². The highest BCUT2D eigenvalue weighted by atomic mass is 16.5. The first-order valence-corrected chi connectivity index (χ1v) is 6.37. The Morgan fingerprint density at radius 3 is 2.28 bits per heavy atom. The highest BCUT2D eigenvalue weighted by Gasteiger charge is 2.32. The van der Waals surface area contributed by atoms with Gasteiger partial charge in [0, 0.05) is 12.0 Å². The summed E-state index contributed by atoms with van der Waals surface area (Å²) in [6, 6.07) is 0. The number of ether oxygens (including phenoxy) is 2. The fraction of sp³-hybridized carbons (Fsp3) is 0.923. The highest BCUT2D eigenvalue weighted by Crippen LogP contribution is 2.30. The average Bonchev–Trinajstić information content (AvgIpc) is 2.21. The fourth-order valence-corrected chi connectivity index (χ4v) is 1.85. The number of hydrogen-bond donors (Lipinski definition) is 2. The van der Waals surface area contributed by atoms with Crippen LogP contribution in [0.2, 0.25) is 0 Å². The SMILES string of the molecule is CC(=O)C(C)(C)CC(C)(C)OCCOCCNN. The summed E-state index contributed by atoms with van der Waals surface area (Å²) in [6.07, 6.45) is 0.694. The Morgan fingerprint density at radius 1 is 1.17 bits per heavy atom. The normalized spacial score (nSPS) is 12.8. The van der Waals surface area contributed by atoms with Crippen LogP contribution >= 0.6 is 0 Å². The predicted octanol–water partition coefficient (Wildman–Crippen LogP) is 1.27. The molecule has 0 aromatic carbocycles. The molecule has 108 valence electrons. The molecule has 0 unspecified atom stereocenters. The molecule has 0 aliphatic carbocycles. The van der Waals surface area contributed by atoms with Gasteiger partial charge in [0.25, 0.3) is 0 Å². The van der Waals surface area contributed by atoms with Gasteiger partial charge in [-0.1, -0.05) is 13.8 Å². The number of Topliss-reactive ketones (excluding diaryl/α,β-unsaturated/α-hetero) is 1. The molecule has 3 N–H and O–H groups in total. The topological polar surface area (TPSA) is 73.6 Å². The van der Waals surface area contributed by atoms with E-state index in [-0.39, 0.29) is 16.8 Å². The summed E-state index contributed by atoms with van der Waals surface area (Å²) in [6.45, 7) is 11.8. The summed E-state index contributed by atoms with van der Waals surface area (Å²) >= 11 is 0. The minimum absolute atomic E-state index is 0.185. The molecule has 0 heterocycles. The number of rotatable bonds is 10. The molecule has 0 atom stereocenters. The van der Waals surface area contributed by atoms with Crippen LogP contribution in [0.15, 0.2) is 0 Å².